The highest BCUT2D eigenvalue weighted by Crippen LogP contribution is 2.27. The molecule has 0 fully saturated rings. The van der Waals surface area contributed by atoms with Crippen molar-refractivity contribution < 1.29 is 13.2 Å². The van der Waals surface area contributed by atoms with Gasteiger partial charge in [0.25, 0.3) is 0 Å². The van der Waals surface area contributed by atoms with Crippen LogP contribution in [0.2, 0.25) is 5.02 Å². The minimum absolute atomic E-state index is 0.0622. The second-order valence-corrected chi connectivity index (χ2v) is 4.80. The lowest BCUT2D eigenvalue weighted by atomic mass is 10.1. The van der Waals surface area contributed by atoms with Crippen molar-refractivity contribution in [2.45, 2.75) is 0 Å². The van der Waals surface area contributed by atoms with Crippen molar-refractivity contribution >= 4 is 40.2 Å². The molecule has 0 spiro atoms. The highest BCUT2D eigenvalue weighted by atomic mass is 35.5. The summed E-state index contributed by atoms with van der Waals surface area (Å²) in [4.78, 5) is 0.0622. The van der Waals surface area contributed by atoms with E-state index in [4.69, 9.17) is 29.6 Å². The monoisotopic (exact) mass is 316 g/mol. The summed E-state index contributed by atoms with van der Waals surface area (Å²) in [6.07, 6.45) is 0. The van der Waals surface area contributed by atoms with Gasteiger partial charge >= 0.3 is 0 Å². The second kappa shape index (κ2) is 5.68. The summed E-state index contributed by atoms with van der Waals surface area (Å²) < 4.78 is 39.6. The zero-order valence-electron chi connectivity index (χ0n) is 9.88. The van der Waals surface area contributed by atoms with Crippen molar-refractivity contribution in [3.63, 3.8) is 0 Å². The molecule has 0 aromatic heterocycles. The topological polar surface area (TPSA) is 38.0 Å². The number of thiocarbonyl (C=S) groups is 1. The molecule has 0 heterocycles. The smallest absolute Gasteiger partial charge is 0.161 e. The van der Waals surface area contributed by atoms with Crippen molar-refractivity contribution in [3.8, 4) is 0 Å². The van der Waals surface area contributed by atoms with Crippen LogP contribution in [0.4, 0.5) is 24.5 Å². The van der Waals surface area contributed by atoms with Gasteiger partial charge in [0.1, 0.15) is 10.8 Å². The Balaban J connectivity index is 2.47. The molecular weight excluding hydrogens is 309 g/mol. The first-order chi connectivity index (χ1) is 9.38. The maximum absolute atomic E-state index is 13.6. The lowest BCUT2D eigenvalue weighted by Gasteiger charge is -2.12. The first-order valence-electron chi connectivity index (χ1n) is 5.39. The zero-order valence-corrected chi connectivity index (χ0v) is 11.5. The largest absolute Gasteiger partial charge is 0.389 e. The van der Waals surface area contributed by atoms with Crippen LogP contribution in [0, 0.1) is 17.5 Å². The highest BCUT2D eigenvalue weighted by Gasteiger charge is 2.12. The predicted molar refractivity (Wildman–Crippen MR) is 76.9 cm³/mol. The first-order valence-corrected chi connectivity index (χ1v) is 6.18. The van der Waals surface area contributed by atoms with Gasteiger partial charge < -0.3 is 11.1 Å². The molecule has 0 amide bonds. The fourth-order valence-corrected chi connectivity index (χ4v) is 1.95. The quantitative estimate of drug-likeness (QED) is 0.660. The van der Waals surface area contributed by atoms with Crippen LogP contribution in [-0.4, -0.2) is 4.99 Å². The maximum atomic E-state index is 13.6. The van der Waals surface area contributed by atoms with E-state index in [-0.39, 0.29) is 10.7 Å². The van der Waals surface area contributed by atoms with Crippen LogP contribution in [0.5, 0.6) is 0 Å². The second-order valence-electron chi connectivity index (χ2n) is 3.93. The van der Waals surface area contributed by atoms with Gasteiger partial charge in [-0.05, 0) is 18.2 Å². The van der Waals surface area contributed by atoms with Crippen LogP contribution in [0.15, 0.2) is 30.3 Å². The average molecular weight is 317 g/mol. The van der Waals surface area contributed by atoms with Crippen molar-refractivity contribution in [2.24, 2.45) is 5.73 Å². The number of halogens is 4. The molecule has 20 heavy (non-hydrogen) atoms. The molecule has 2 nitrogen and oxygen atoms in total. The normalized spacial score (nSPS) is 10.4. The number of anilines is 2. The van der Waals surface area contributed by atoms with Crippen LogP contribution in [0.25, 0.3) is 0 Å². The molecule has 7 heteroatoms. The molecule has 0 atom stereocenters. The first kappa shape index (κ1) is 14.6. The van der Waals surface area contributed by atoms with E-state index in [9.17, 15) is 13.2 Å². The number of hydrogen-bond acceptors (Lipinski definition) is 2. The molecule has 0 radical (unpaired) electrons. The Morgan fingerprint density at radius 2 is 1.65 bits per heavy atom. The van der Waals surface area contributed by atoms with E-state index in [0.29, 0.717) is 28.4 Å². The Labute approximate surface area is 123 Å². The molecule has 0 saturated heterocycles. The summed E-state index contributed by atoms with van der Waals surface area (Å²) in [6, 6.07) is 5.71. The fourth-order valence-electron chi connectivity index (χ4n) is 1.60. The SMILES string of the molecule is NC(=S)c1ccc(Cl)cc1Nc1cc(F)c(F)cc1F. The van der Waals surface area contributed by atoms with E-state index in [1.165, 1.54) is 6.07 Å². The Kier molecular flexibility index (Phi) is 4.15. The van der Waals surface area contributed by atoms with E-state index in [2.05, 4.69) is 5.32 Å². The van der Waals surface area contributed by atoms with Gasteiger partial charge in [-0.2, -0.15) is 0 Å². The molecular formula is C13H8ClF3N2S. The highest BCUT2D eigenvalue weighted by molar-refractivity contribution is 7.80. The Bertz CT molecular complexity index is 692. The maximum Gasteiger partial charge on any atom is 0.161 e. The lowest BCUT2D eigenvalue weighted by molar-refractivity contribution is 0.496. The fraction of sp³-hybridized carbons (Fsp3) is 0. The van der Waals surface area contributed by atoms with Crippen LogP contribution >= 0.6 is 23.8 Å². The minimum Gasteiger partial charge on any atom is -0.389 e. The summed E-state index contributed by atoms with van der Waals surface area (Å²) in [5.41, 5.74) is 6.00. The van der Waals surface area contributed by atoms with Crippen molar-refractivity contribution in [2.75, 3.05) is 5.32 Å². The van der Waals surface area contributed by atoms with Crippen LogP contribution in [-0.2, 0) is 0 Å². The number of hydrogen-bond donors (Lipinski definition) is 2. The van der Waals surface area contributed by atoms with Crippen LogP contribution < -0.4 is 11.1 Å². The van der Waals surface area contributed by atoms with E-state index < -0.39 is 17.5 Å². The number of benzene rings is 2. The molecule has 0 bridgehead atoms. The van der Waals surface area contributed by atoms with Gasteiger partial charge in [-0.1, -0.05) is 23.8 Å². The number of nitrogens with two attached hydrogens (primary N) is 1. The Morgan fingerprint density at radius 1 is 1.00 bits per heavy atom. The number of rotatable bonds is 3. The van der Waals surface area contributed by atoms with Gasteiger partial charge in [0, 0.05) is 22.7 Å². The molecule has 104 valence electrons. The van der Waals surface area contributed by atoms with Crippen molar-refractivity contribution in [1.29, 1.82) is 0 Å². The summed E-state index contributed by atoms with van der Waals surface area (Å²) in [6.45, 7) is 0. The van der Waals surface area contributed by atoms with Gasteiger partial charge in [0.05, 0.1) is 11.4 Å². The average Bonchev–Trinajstić information content (AvgIpc) is 2.35. The number of nitrogens with one attached hydrogen (secondary N) is 1. The summed E-state index contributed by atoms with van der Waals surface area (Å²) in [5, 5.41) is 2.95. The molecule has 3 N–H and O–H groups in total. The van der Waals surface area contributed by atoms with Crippen LogP contribution in [0.1, 0.15) is 5.56 Å². The van der Waals surface area contributed by atoms with E-state index >= 15 is 0 Å². The van der Waals surface area contributed by atoms with Gasteiger partial charge in [0.2, 0.25) is 0 Å². The summed E-state index contributed by atoms with van der Waals surface area (Å²) >= 11 is 10.7. The van der Waals surface area contributed by atoms with E-state index in [1.807, 2.05) is 0 Å². The third-order valence-corrected chi connectivity index (χ3v) is 2.98. The van der Waals surface area contributed by atoms with Crippen molar-refractivity contribution in [1.82, 2.24) is 0 Å². The van der Waals surface area contributed by atoms with E-state index in [0.717, 1.165) is 0 Å². The van der Waals surface area contributed by atoms with Gasteiger partial charge in [-0.25, -0.2) is 13.2 Å². The van der Waals surface area contributed by atoms with Crippen LogP contribution in [0.3, 0.4) is 0 Å². The summed E-state index contributed by atoms with van der Waals surface area (Å²) in [7, 11) is 0. The Morgan fingerprint density at radius 3 is 2.30 bits per heavy atom. The zero-order chi connectivity index (χ0) is 14.9. The van der Waals surface area contributed by atoms with Gasteiger partial charge in [0.15, 0.2) is 11.6 Å². The molecule has 0 aliphatic rings. The standard InChI is InChI=1S/C13H8ClF3N2S/c14-6-1-2-7(13(18)20)11(3-6)19-12-5-9(16)8(15)4-10(12)17/h1-5,19H,(H2,18,20). The third-order valence-electron chi connectivity index (χ3n) is 2.53. The Hall–Kier alpha value is -1.79. The molecule has 0 aliphatic heterocycles. The predicted octanol–water partition coefficient (Wildman–Crippen LogP) is 4.14. The van der Waals surface area contributed by atoms with Gasteiger partial charge in [-0.3, -0.25) is 0 Å². The van der Waals surface area contributed by atoms with Gasteiger partial charge in [-0.15, -0.1) is 0 Å². The lowest BCUT2D eigenvalue weighted by Crippen LogP contribution is -2.12. The summed E-state index contributed by atoms with van der Waals surface area (Å²) in [5.74, 6) is -3.39. The van der Waals surface area contributed by atoms with E-state index in [1.54, 1.807) is 12.1 Å². The molecule has 0 saturated carbocycles. The molecule has 2 rings (SSSR count). The molecule has 0 aliphatic carbocycles. The molecule has 0 unspecified atom stereocenters. The molecule has 2 aromatic carbocycles. The third kappa shape index (κ3) is 3.02. The molecule has 2 aromatic rings. The minimum atomic E-state index is -1.27. The van der Waals surface area contributed by atoms with Crippen molar-refractivity contribution in [3.05, 3.63) is 58.4 Å².